The fraction of sp³-hybridized carbons (Fsp3) is 0.391. The summed E-state index contributed by atoms with van der Waals surface area (Å²) in [5.41, 5.74) is 4.56. The third kappa shape index (κ3) is 3.85. The van der Waals surface area contributed by atoms with E-state index >= 15 is 0 Å². The molecular weight excluding hydrogens is 370 g/mol. The molecule has 0 unspecified atom stereocenters. The van der Waals surface area contributed by atoms with Crippen LogP contribution in [-0.2, 0) is 9.53 Å². The van der Waals surface area contributed by atoms with E-state index in [1.54, 1.807) is 0 Å². The molecule has 0 aliphatic heterocycles. The molecule has 0 bridgehead atoms. The van der Waals surface area contributed by atoms with E-state index in [-0.39, 0.29) is 12.5 Å². The van der Waals surface area contributed by atoms with Gasteiger partial charge in [0, 0.05) is 5.92 Å². The molecule has 29 heavy (non-hydrogen) atoms. The van der Waals surface area contributed by atoms with Gasteiger partial charge in [-0.15, -0.1) is 0 Å². The summed E-state index contributed by atoms with van der Waals surface area (Å²) >= 11 is 0. The lowest BCUT2D eigenvalue weighted by molar-refractivity contribution is -0.146. The van der Waals surface area contributed by atoms with Crippen molar-refractivity contribution >= 4 is 12.1 Å². The maximum Gasteiger partial charge on any atom is 0.407 e. The summed E-state index contributed by atoms with van der Waals surface area (Å²) in [5, 5.41) is 22.4. The molecule has 0 aromatic heterocycles. The van der Waals surface area contributed by atoms with Gasteiger partial charge in [-0.2, -0.15) is 0 Å². The summed E-state index contributed by atoms with van der Waals surface area (Å²) < 4.78 is 5.52. The van der Waals surface area contributed by atoms with Gasteiger partial charge in [-0.25, -0.2) is 4.79 Å². The number of ether oxygens (including phenoxy) is 1. The number of aliphatic hydroxyl groups is 1. The Morgan fingerprint density at radius 2 is 1.55 bits per heavy atom. The molecule has 6 nitrogen and oxygen atoms in total. The highest BCUT2D eigenvalue weighted by Gasteiger charge is 2.36. The number of hydrogen-bond donors (Lipinski definition) is 3. The third-order valence-electron chi connectivity index (χ3n) is 6.07. The number of nitrogens with one attached hydrogen (secondary N) is 1. The highest BCUT2D eigenvalue weighted by Crippen LogP contribution is 2.44. The predicted molar refractivity (Wildman–Crippen MR) is 108 cm³/mol. The Balaban J connectivity index is 1.43. The van der Waals surface area contributed by atoms with E-state index in [0.717, 1.165) is 35.1 Å². The lowest BCUT2D eigenvalue weighted by Crippen LogP contribution is -2.47. The molecule has 0 heterocycles. The number of aliphatic carboxylic acids is 1. The maximum absolute atomic E-state index is 12.4. The molecule has 0 spiro atoms. The number of amides is 1. The number of rotatable bonds is 4. The summed E-state index contributed by atoms with van der Waals surface area (Å²) in [7, 11) is 0. The van der Waals surface area contributed by atoms with E-state index in [0.29, 0.717) is 12.8 Å². The summed E-state index contributed by atoms with van der Waals surface area (Å²) in [5.74, 6) is -1.94. The number of carbonyl (C=O) groups excluding carboxylic acids is 1. The maximum atomic E-state index is 12.4. The van der Waals surface area contributed by atoms with Gasteiger partial charge in [-0.1, -0.05) is 61.4 Å². The fourth-order valence-corrected chi connectivity index (χ4v) is 4.57. The SMILES string of the molecule is O=C(N[C@H]1CCCC[C@H](C(=O)O)[C@@H]1O)OCC1c2ccccc2-c2ccccc21. The second-order valence-electron chi connectivity index (χ2n) is 7.80. The molecular formula is C23H25NO5. The standard InChI is InChI=1S/C23H25NO5/c25-21-18(22(26)27)11-5-6-12-20(21)24-23(28)29-13-19-16-9-3-1-7-14(16)15-8-2-4-10-17(15)19/h1-4,7-10,18-21,25H,5-6,11-13H2,(H,24,28)(H,26,27)/t18-,20-,21-/m0/s1. The van der Waals surface area contributed by atoms with Gasteiger partial charge >= 0.3 is 12.1 Å². The van der Waals surface area contributed by atoms with Crippen molar-refractivity contribution < 1.29 is 24.5 Å². The Morgan fingerprint density at radius 1 is 0.966 bits per heavy atom. The number of carbonyl (C=O) groups is 2. The summed E-state index contributed by atoms with van der Waals surface area (Å²) in [6.07, 6.45) is 0.693. The average Bonchev–Trinajstić information content (AvgIpc) is 2.92. The second kappa shape index (κ2) is 8.25. The first-order chi connectivity index (χ1) is 14.1. The van der Waals surface area contributed by atoms with Gasteiger partial charge in [0.1, 0.15) is 6.61 Å². The lowest BCUT2D eigenvalue weighted by atomic mass is 9.95. The van der Waals surface area contributed by atoms with Crippen LogP contribution in [0.4, 0.5) is 4.79 Å². The van der Waals surface area contributed by atoms with Crippen molar-refractivity contribution in [1.82, 2.24) is 5.32 Å². The first kappa shape index (κ1) is 19.5. The summed E-state index contributed by atoms with van der Waals surface area (Å²) in [6, 6.07) is 15.6. The molecule has 3 N–H and O–H groups in total. The lowest BCUT2D eigenvalue weighted by Gasteiger charge is -2.25. The van der Waals surface area contributed by atoms with E-state index < -0.39 is 30.1 Å². The molecule has 2 aliphatic rings. The molecule has 0 saturated heterocycles. The number of benzene rings is 2. The minimum absolute atomic E-state index is 0.0426. The second-order valence-corrected chi connectivity index (χ2v) is 7.80. The highest BCUT2D eigenvalue weighted by molar-refractivity contribution is 5.79. The first-order valence-corrected chi connectivity index (χ1v) is 10.1. The Hall–Kier alpha value is -2.86. The molecule has 1 saturated carbocycles. The van der Waals surface area contributed by atoms with Crippen molar-refractivity contribution in [3.63, 3.8) is 0 Å². The van der Waals surface area contributed by atoms with E-state index in [4.69, 9.17) is 4.74 Å². The normalized spacial score (nSPS) is 23.6. The quantitative estimate of drug-likeness (QED) is 0.689. The topological polar surface area (TPSA) is 95.9 Å². The van der Waals surface area contributed by atoms with Gasteiger partial charge in [0.15, 0.2) is 0 Å². The molecule has 1 fully saturated rings. The third-order valence-corrected chi connectivity index (χ3v) is 6.07. The van der Waals surface area contributed by atoms with E-state index in [1.807, 2.05) is 36.4 Å². The van der Waals surface area contributed by atoms with E-state index in [2.05, 4.69) is 17.4 Å². The molecule has 1 amide bonds. The molecule has 0 radical (unpaired) electrons. The van der Waals surface area contributed by atoms with Gasteiger partial charge in [0.25, 0.3) is 0 Å². The Bertz CT molecular complexity index is 866. The minimum atomic E-state index is -1.12. The van der Waals surface area contributed by atoms with Crippen LogP contribution in [0.25, 0.3) is 11.1 Å². The van der Waals surface area contributed by atoms with Crippen LogP contribution < -0.4 is 5.32 Å². The number of alkyl carbamates (subject to hydrolysis) is 1. The molecule has 2 aromatic carbocycles. The molecule has 6 heteroatoms. The van der Waals surface area contributed by atoms with Crippen LogP contribution in [0.2, 0.25) is 0 Å². The average molecular weight is 395 g/mol. The molecule has 4 rings (SSSR count). The Kier molecular flexibility index (Phi) is 5.53. The van der Waals surface area contributed by atoms with Crippen molar-refractivity contribution in [2.75, 3.05) is 6.61 Å². The van der Waals surface area contributed by atoms with Crippen LogP contribution in [0.3, 0.4) is 0 Å². The smallest absolute Gasteiger partial charge is 0.407 e. The zero-order chi connectivity index (χ0) is 20.4. The molecule has 2 aromatic rings. The molecule has 2 aliphatic carbocycles. The number of aliphatic hydroxyl groups excluding tert-OH is 1. The first-order valence-electron chi connectivity index (χ1n) is 10.1. The van der Waals surface area contributed by atoms with Crippen molar-refractivity contribution in [1.29, 1.82) is 0 Å². The number of fused-ring (bicyclic) bond motifs is 3. The zero-order valence-corrected chi connectivity index (χ0v) is 16.1. The number of carboxylic acids is 1. The molecule has 152 valence electrons. The van der Waals surface area contributed by atoms with Crippen LogP contribution in [0.5, 0.6) is 0 Å². The summed E-state index contributed by atoms with van der Waals surface area (Å²) in [6.45, 7) is 0.186. The van der Waals surface area contributed by atoms with Crippen molar-refractivity contribution in [3.8, 4) is 11.1 Å². The monoisotopic (exact) mass is 395 g/mol. The van der Waals surface area contributed by atoms with Crippen molar-refractivity contribution in [2.45, 2.75) is 43.7 Å². The Labute approximate surface area is 169 Å². The van der Waals surface area contributed by atoms with E-state index in [1.165, 1.54) is 0 Å². The fourth-order valence-electron chi connectivity index (χ4n) is 4.57. The minimum Gasteiger partial charge on any atom is -0.481 e. The zero-order valence-electron chi connectivity index (χ0n) is 16.1. The Morgan fingerprint density at radius 3 is 2.17 bits per heavy atom. The van der Waals surface area contributed by atoms with Gasteiger partial charge < -0.3 is 20.3 Å². The van der Waals surface area contributed by atoms with Crippen LogP contribution in [0, 0.1) is 5.92 Å². The number of hydrogen-bond acceptors (Lipinski definition) is 4. The number of carboxylic acid groups (broad SMARTS) is 1. The van der Waals surface area contributed by atoms with Crippen LogP contribution in [-0.4, -0.2) is 41.0 Å². The largest absolute Gasteiger partial charge is 0.481 e. The van der Waals surface area contributed by atoms with Gasteiger partial charge in [0.2, 0.25) is 0 Å². The van der Waals surface area contributed by atoms with Crippen LogP contribution in [0.15, 0.2) is 48.5 Å². The molecule has 3 atom stereocenters. The van der Waals surface area contributed by atoms with Crippen molar-refractivity contribution in [3.05, 3.63) is 59.7 Å². The van der Waals surface area contributed by atoms with E-state index in [9.17, 15) is 19.8 Å². The predicted octanol–water partition coefficient (Wildman–Crippen LogP) is 3.53. The van der Waals surface area contributed by atoms with Gasteiger partial charge in [0.05, 0.1) is 18.1 Å². The highest BCUT2D eigenvalue weighted by atomic mass is 16.5. The summed E-state index contributed by atoms with van der Waals surface area (Å²) in [4.78, 5) is 23.8. The van der Waals surface area contributed by atoms with Crippen LogP contribution >= 0.6 is 0 Å². The van der Waals surface area contributed by atoms with Gasteiger partial charge in [-0.05, 0) is 35.1 Å². The van der Waals surface area contributed by atoms with Gasteiger partial charge in [-0.3, -0.25) is 4.79 Å². The van der Waals surface area contributed by atoms with Crippen LogP contribution in [0.1, 0.15) is 42.7 Å². The van der Waals surface area contributed by atoms with Crippen molar-refractivity contribution in [2.24, 2.45) is 5.92 Å².